The van der Waals surface area contributed by atoms with Gasteiger partial charge in [0.25, 0.3) is 5.69 Å². The van der Waals surface area contributed by atoms with E-state index >= 15 is 0 Å². The third-order valence-corrected chi connectivity index (χ3v) is 3.00. The summed E-state index contributed by atoms with van der Waals surface area (Å²) >= 11 is 4.20. The van der Waals surface area contributed by atoms with Crippen LogP contribution < -0.4 is 5.32 Å². The minimum atomic E-state index is -1.06. The van der Waals surface area contributed by atoms with Gasteiger partial charge in [-0.25, -0.2) is 0 Å². The van der Waals surface area contributed by atoms with Gasteiger partial charge >= 0.3 is 0 Å². The second-order valence-electron chi connectivity index (χ2n) is 3.91. The average Bonchev–Trinajstić information content (AvgIpc) is 2.40. The maximum atomic E-state index is 10.7. The van der Waals surface area contributed by atoms with E-state index in [-0.39, 0.29) is 5.69 Å². The van der Waals surface area contributed by atoms with Gasteiger partial charge in [-0.05, 0) is 18.2 Å². The largest absolute Gasteiger partial charge is 0.369 e. The molecule has 0 amide bonds. The molecule has 0 saturated heterocycles. The molecule has 2 N–H and O–H groups in total. The lowest BCUT2D eigenvalue weighted by atomic mass is 10.1. The number of para-hydroxylation sites is 1. The molecule has 0 aliphatic rings. The summed E-state index contributed by atoms with van der Waals surface area (Å²) in [6.07, 6.45) is -1.06. The highest BCUT2D eigenvalue weighted by Gasteiger charge is 2.15. The van der Waals surface area contributed by atoms with Gasteiger partial charge in [0.2, 0.25) is 0 Å². The van der Waals surface area contributed by atoms with Gasteiger partial charge in [0, 0.05) is 28.3 Å². The number of benzene rings is 2. The van der Waals surface area contributed by atoms with Crippen LogP contribution in [0.15, 0.2) is 53.4 Å². The van der Waals surface area contributed by atoms with Gasteiger partial charge in [-0.3, -0.25) is 10.1 Å². The molecule has 0 heterocycles. The number of aliphatic hydroxyl groups is 1. The first kappa shape index (κ1) is 13.4. The summed E-state index contributed by atoms with van der Waals surface area (Å²) in [5.41, 5.74) is 0.998. The lowest BCUT2D eigenvalue weighted by Crippen LogP contribution is -2.10. The van der Waals surface area contributed by atoms with Crippen molar-refractivity contribution in [1.29, 1.82) is 0 Å². The van der Waals surface area contributed by atoms with Crippen LogP contribution in [0.5, 0.6) is 0 Å². The van der Waals surface area contributed by atoms with Crippen LogP contribution in [0.3, 0.4) is 0 Å². The predicted molar refractivity (Wildman–Crippen MR) is 75.4 cm³/mol. The summed E-state index contributed by atoms with van der Waals surface area (Å²) in [7, 11) is 0. The molecule has 0 aliphatic carbocycles. The van der Waals surface area contributed by atoms with Crippen molar-refractivity contribution in [2.45, 2.75) is 11.1 Å². The minimum absolute atomic E-state index is 0.0817. The van der Waals surface area contributed by atoms with Gasteiger partial charge in [0.1, 0.15) is 0 Å². The fourth-order valence-corrected chi connectivity index (χ4v) is 1.91. The van der Waals surface area contributed by atoms with E-state index in [1.807, 2.05) is 18.2 Å². The number of hydrogen-bond acceptors (Lipinski definition) is 5. The SMILES string of the molecule is O=[N+]([O-])c1ccc(S)c([C@@H](O)Nc2ccccc2)c1. The third kappa shape index (κ3) is 3.24. The number of non-ortho nitro benzene ring substituents is 1. The summed E-state index contributed by atoms with van der Waals surface area (Å²) in [4.78, 5) is 10.7. The van der Waals surface area contributed by atoms with Gasteiger partial charge in [-0.1, -0.05) is 18.2 Å². The quantitative estimate of drug-likeness (QED) is 0.347. The summed E-state index contributed by atoms with van der Waals surface area (Å²) in [5, 5.41) is 23.7. The molecular weight excluding hydrogens is 264 g/mol. The smallest absolute Gasteiger partial charge is 0.269 e. The molecule has 2 aromatic rings. The van der Waals surface area contributed by atoms with E-state index in [0.29, 0.717) is 16.1 Å². The molecule has 19 heavy (non-hydrogen) atoms. The second-order valence-corrected chi connectivity index (χ2v) is 4.39. The van der Waals surface area contributed by atoms with Crippen LogP contribution in [-0.4, -0.2) is 10.0 Å². The van der Waals surface area contributed by atoms with Gasteiger partial charge in [0.15, 0.2) is 6.23 Å². The van der Waals surface area contributed by atoms with E-state index in [2.05, 4.69) is 17.9 Å². The molecular formula is C13H12N2O3S. The van der Waals surface area contributed by atoms with E-state index in [0.717, 1.165) is 0 Å². The Bertz CT molecular complexity index is 590. The fraction of sp³-hybridized carbons (Fsp3) is 0.0769. The highest BCUT2D eigenvalue weighted by atomic mass is 32.1. The minimum Gasteiger partial charge on any atom is -0.369 e. The Labute approximate surface area is 115 Å². The van der Waals surface area contributed by atoms with Crippen molar-refractivity contribution in [3.8, 4) is 0 Å². The molecule has 0 aliphatic heterocycles. The Morgan fingerprint density at radius 2 is 1.89 bits per heavy atom. The zero-order chi connectivity index (χ0) is 13.8. The Kier molecular flexibility index (Phi) is 4.03. The molecule has 0 aromatic heterocycles. The highest BCUT2D eigenvalue weighted by Crippen LogP contribution is 2.27. The van der Waals surface area contributed by atoms with Crippen LogP contribution in [0, 0.1) is 10.1 Å². The maximum absolute atomic E-state index is 10.7. The van der Waals surface area contributed by atoms with Crippen molar-refractivity contribution >= 4 is 24.0 Å². The standard InChI is InChI=1S/C13H12N2O3S/c16-13(14-9-4-2-1-3-5-9)11-8-10(15(17)18)6-7-12(11)19/h1-8,13-14,16,19H/t13-/m1/s1. The Balaban J connectivity index is 2.25. The summed E-state index contributed by atoms with van der Waals surface area (Å²) in [5.74, 6) is 0. The first-order valence-electron chi connectivity index (χ1n) is 5.55. The molecule has 0 spiro atoms. The maximum Gasteiger partial charge on any atom is 0.269 e. The Hall–Kier alpha value is -2.05. The van der Waals surface area contributed by atoms with Crippen molar-refractivity contribution in [1.82, 2.24) is 0 Å². The molecule has 98 valence electrons. The van der Waals surface area contributed by atoms with E-state index < -0.39 is 11.2 Å². The highest BCUT2D eigenvalue weighted by molar-refractivity contribution is 7.80. The van der Waals surface area contributed by atoms with Crippen molar-refractivity contribution < 1.29 is 10.0 Å². The molecule has 5 nitrogen and oxygen atoms in total. The van der Waals surface area contributed by atoms with E-state index in [4.69, 9.17) is 0 Å². The zero-order valence-corrected chi connectivity index (χ0v) is 10.7. The summed E-state index contributed by atoms with van der Waals surface area (Å²) in [6, 6.07) is 13.2. The van der Waals surface area contributed by atoms with Crippen LogP contribution in [0.1, 0.15) is 11.8 Å². The number of nitro benzene ring substituents is 1. The van der Waals surface area contributed by atoms with Crippen LogP contribution in [0.2, 0.25) is 0 Å². The molecule has 0 saturated carbocycles. The van der Waals surface area contributed by atoms with Gasteiger partial charge in [0.05, 0.1) is 4.92 Å². The molecule has 0 fully saturated rings. The molecule has 0 unspecified atom stereocenters. The first-order valence-corrected chi connectivity index (χ1v) is 5.99. The number of nitrogens with one attached hydrogen (secondary N) is 1. The van der Waals surface area contributed by atoms with Gasteiger partial charge in [-0.15, -0.1) is 12.6 Å². The molecule has 6 heteroatoms. The van der Waals surface area contributed by atoms with Crippen molar-refractivity contribution in [3.63, 3.8) is 0 Å². The Morgan fingerprint density at radius 3 is 2.53 bits per heavy atom. The topological polar surface area (TPSA) is 75.4 Å². The molecule has 0 radical (unpaired) electrons. The molecule has 1 atom stereocenters. The number of rotatable bonds is 4. The third-order valence-electron chi connectivity index (χ3n) is 2.59. The van der Waals surface area contributed by atoms with E-state index in [9.17, 15) is 15.2 Å². The zero-order valence-electron chi connectivity index (χ0n) is 9.85. The monoisotopic (exact) mass is 276 g/mol. The van der Waals surface area contributed by atoms with E-state index in [1.54, 1.807) is 12.1 Å². The van der Waals surface area contributed by atoms with Crippen molar-refractivity contribution in [2.24, 2.45) is 0 Å². The van der Waals surface area contributed by atoms with Crippen LogP contribution in [0.4, 0.5) is 11.4 Å². The first-order chi connectivity index (χ1) is 9.08. The van der Waals surface area contributed by atoms with Crippen molar-refractivity contribution in [3.05, 3.63) is 64.2 Å². The number of nitrogens with zero attached hydrogens (tertiary/aromatic N) is 1. The number of aliphatic hydroxyl groups excluding tert-OH is 1. The van der Waals surface area contributed by atoms with E-state index in [1.165, 1.54) is 18.2 Å². The predicted octanol–water partition coefficient (Wildman–Crippen LogP) is 2.99. The normalized spacial score (nSPS) is 11.9. The van der Waals surface area contributed by atoms with Crippen LogP contribution in [0.25, 0.3) is 0 Å². The average molecular weight is 276 g/mol. The Morgan fingerprint density at radius 1 is 1.21 bits per heavy atom. The number of hydrogen-bond donors (Lipinski definition) is 3. The van der Waals surface area contributed by atoms with Crippen LogP contribution in [-0.2, 0) is 0 Å². The second kappa shape index (κ2) is 5.73. The fourth-order valence-electron chi connectivity index (χ4n) is 1.64. The molecule has 0 bridgehead atoms. The number of anilines is 1. The van der Waals surface area contributed by atoms with Crippen molar-refractivity contribution in [2.75, 3.05) is 5.32 Å². The summed E-state index contributed by atoms with van der Waals surface area (Å²) in [6.45, 7) is 0. The van der Waals surface area contributed by atoms with Gasteiger partial charge in [-0.2, -0.15) is 0 Å². The number of nitro groups is 1. The lowest BCUT2D eigenvalue weighted by Gasteiger charge is -2.16. The lowest BCUT2D eigenvalue weighted by molar-refractivity contribution is -0.385. The summed E-state index contributed by atoms with van der Waals surface area (Å²) < 4.78 is 0. The number of thiol groups is 1. The van der Waals surface area contributed by atoms with Crippen LogP contribution >= 0.6 is 12.6 Å². The van der Waals surface area contributed by atoms with Gasteiger partial charge < -0.3 is 10.4 Å². The molecule has 2 rings (SSSR count). The molecule has 2 aromatic carbocycles.